The minimum absolute atomic E-state index is 0.0127. The Labute approximate surface area is 142 Å². The standard InChI is InChI=1S/C19H25NO4/c1-13-5-2-3-7-15(13)16-11-17(16)19(23)20(9-8-18(21)22)12-14-6-4-10-24-14/h2-3,5,7,14,16-17H,4,6,8-12H2,1H3,(H,21,22)/t14-,16+,17-/m1/s1. The summed E-state index contributed by atoms with van der Waals surface area (Å²) >= 11 is 0. The summed E-state index contributed by atoms with van der Waals surface area (Å²) in [6.07, 6.45) is 2.86. The lowest BCUT2D eigenvalue weighted by atomic mass is 10.0. The lowest BCUT2D eigenvalue weighted by Gasteiger charge is -2.25. The van der Waals surface area contributed by atoms with Crippen LogP contribution >= 0.6 is 0 Å². The van der Waals surface area contributed by atoms with Crippen molar-refractivity contribution in [2.75, 3.05) is 19.7 Å². The molecule has 1 heterocycles. The summed E-state index contributed by atoms with van der Waals surface area (Å²) in [6, 6.07) is 8.18. The lowest BCUT2D eigenvalue weighted by molar-refractivity contribution is -0.139. The fourth-order valence-electron chi connectivity index (χ4n) is 3.61. The molecular formula is C19H25NO4. The molecule has 3 atom stereocenters. The molecule has 1 saturated carbocycles. The Morgan fingerprint density at radius 2 is 2.12 bits per heavy atom. The number of rotatable bonds is 7. The molecule has 3 rings (SSSR count). The molecule has 130 valence electrons. The summed E-state index contributed by atoms with van der Waals surface area (Å²) in [4.78, 5) is 25.5. The van der Waals surface area contributed by atoms with Crippen LogP contribution in [0.3, 0.4) is 0 Å². The zero-order valence-electron chi connectivity index (χ0n) is 14.1. The first-order valence-electron chi connectivity index (χ1n) is 8.74. The Bertz CT molecular complexity index is 609. The van der Waals surface area contributed by atoms with Crippen LogP contribution in [-0.2, 0) is 14.3 Å². The predicted octanol–water partition coefficient (Wildman–Crippen LogP) is 2.58. The summed E-state index contributed by atoms with van der Waals surface area (Å²) in [7, 11) is 0. The van der Waals surface area contributed by atoms with E-state index in [0.717, 1.165) is 25.9 Å². The number of hydrogen-bond acceptors (Lipinski definition) is 3. The molecule has 1 saturated heterocycles. The highest BCUT2D eigenvalue weighted by Gasteiger charge is 2.46. The highest BCUT2D eigenvalue weighted by molar-refractivity contribution is 5.83. The Kier molecular flexibility index (Phi) is 5.19. The third-order valence-electron chi connectivity index (χ3n) is 5.05. The fourth-order valence-corrected chi connectivity index (χ4v) is 3.61. The van der Waals surface area contributed by atoms with Gasteiger partial charge in [-0.15, -0.1) is 0 Å². The van der Waals surface area contributed by atoms with Crippen molar-refractivity contribution >= 4 is 11.9 Å². The molecule has 0 radical (unpaired) electrons. The molecule has 0 aromatic heterocycles. The second kappa shape index (κ2) is 7.34. The van der Waals surface area contributed by atoms with Crippen LogP contribution in [0.4, 0.5) is 0 Å². The van der Waals surface area contributed by atoms with E-state index in [4.69, 9.17) is 9.84 Å². The van der Waals surface area contributed by atoms with Crippen molar-refractivity contribution in [1.29, 1.82) is 0 Å². The van der Waals surface area contributed by atoms with E-state index in [2.05, 4.69) is 19.1 Å². The molecular weight excluding hydrogens is 306 g/mol. The van der Waals surface area contributed by atoms with Crippen molar-refractivity contribution in [2.45, 2.75) is 44.6 Å². The van der Waals surface area contributed by atoms with E-state index in [9.17, 15) is 9.59 Å². The zero-order valence-corrected chi connectivity index (χ0v) is 14.1. The van der Waals surface area contributed by atoms with Crippen molar-refractivity contribution in [1.82, 2.24) is 4.90 Å². The molecule has 5 nitrogen and oxygen atoms in total. The third-order valence-corrected chi connectivity index (χ3v) is 5.05. The van der Waals surface area contributed by atoms with Gasteiger partial charge in [0.05, 0.1) is 12.5 Å². The summed E-state index contributed by atoms with van der Waals surface area (Å²) in [6.45, 7) is 3.60. The molecule has 1 N–H and O–H groups in total. The van der Waals surface area contributed by atoms with Gasteiger partial charge in [-0.25, -0.2) is 0 Å². The first-order chi connectivity index (χ1) is 11.6. The van der Waals surface area contributed by atoms with Gasteiger partial charge in [0.2, 0.25) is 5.91 Å². The largest absolute Gasteiger partial charge is 0.481 e. The van der Waals surface area contributed by atoms with Crippen molar-refractivity contribution in [2.24, 2.45) is 5.92 Å². The van der Waals surface area contributed by atoms with Gasteiger partial charge in [0.1, 0.15) is 0 Å². The van der Waals surface area contributed by atoms with Gasteiger partial charge in [0.25, 0.3) is 0 Å². The lowest BCUT2D eigenvalue weighted by Crippen LogP contribution is -2.39. The number of aryl methyl sites for hydroxylation is 1. The van der Waals surface area contributed by atoms with E-state index in [1.165, 1.54) is 11.1 Å². The van der Waals surface area contributed by atoms with E-state index in [1.54, 1.807) is 4.90 Å². The molecule has 0 bridgehead atoms. The smallest absolute Gasteiger partial charge is 0.305 e. The number of amides is 1. The summed E-state index contributed by atoms with van der Waals surface area (Å²) in [5.41, 5.74) is 2.46. The van der Waals surface area contributed by atoms with Gasteiger partial charge in [-0.05, 0) is 43.2 Å². The second-order valence-corrected chi connectivity index (χ2v) is 6.87. The molecule has 2 aliphatic rings. The molecule has 1 amide bonds. The highest BCUT2D eigenvalue weighted by Crippen LogP contribution is 2.49. The maximum absolute atomic E-state index is 12.9. The molecule has 0 unspecified atom stereocenters. The average molecular weight is 331 g/mol. The SMILES string of the molecule is Cc1ccccc1[C@@H]1C[C@H]1C(=O)N(CCC(=O)O)C[C@H]1CCCO1. The van der Waals surface area contributed by atoms with E-state index in [-0.39, 0.29) is 36.8 Å². The molecule has 0 spiro atoms. The quantitative estimate of drug-likeness (QED) is 0.834. The minimum atomic E-state index is -0.869. The van der Waals surface area contributed by atoms with Gasteiger partial charge in [0, 0.05) is 25.6 Å². The second-order valence-electron chi connectivity index (χ2n) is 6.87. The maximum Gasteiger partial charge on any atom is 0.305 e. The summed E-state index contributed by atoms with van der Waals surface area (Å²) in [5, 5.41) is 8.96. The van der Waals surface area contributed by atoms with Gasteiger partial charge >= 0.3 is 5.97 Å². The number of hydrogen-bond donors (Lipinski definition) is 1. The maximum atomic E-state index is 12.9. The topological polar surface area (TPSA) is 66.8 Å². The van der Waals surface area contributed by atoms with E-state index in [0.29, 0.717) is 6.54 Å². The number of carboxylic acid groups (broad SMARTS) is 1. The van der Waals surface area contributed by atoms with E-state index in [1.807, 2.05) is 12.1 Å². The zero-order chi connectivity index (χ0) is 17.1. The summed E-state index contributed by atoms with van der Waals surface area (Å²) < 4.78 is 5.63. The van der Waals surface area contributed by atoms with Gasteiger partial charge in [-0.1, -0.05) is 24.3 Å². The van der Waals surface area contributed by atoms with Crippen LogP contribution < -0.4 is 0 Å². The van der Waals surface area contributed by atoms with Crippen LogP contribution in [0.25, 0.3) is 0 Å². The van der Waals surface area contributed by atoms with E-state index < -0.39 is 5.97 Å². The Morgan fingerprint density at radius 3 is 2.79 bits per heavy atom. The highest BCUT2D eigenvalue weighted by atomic mass is 16.5. The normalized spacial score (nSPS) is 25.5. The van der Waals surface area contributed by atoms with Crippen LogP contribution in [0.2, 0.25) is 0 Å². The minimum Gasteiger partial charge on any atom is -0.481 e. The third kappa shape index (κ3) is 3.96. The number of ether oxygens (including phenoxy) is 1. The van der Waals surface area contributed by atoms with Crippen molar-refractivity contribution in [3.63, 3.8) is 0 Å². The number of benzene rings is 1. The number of nitrogens with zero attached hydrogens (tertiary/aromatic N) is 1. The number of carboxylic acids is 1. The molecule has 1 aliphatic heterocycles. The fraction of sp³-hybridized carbons (Fsp3) is 0.579. The first-order valence-corrected chi connectivity index (χ1v) is 8.74. The summed E-state index contributed by atoms with van der Waals surface area (Å²) in [5.74, 6) is -0.525. The van der Waals surface area contributed by atoms with Crippen LogP contribution in [-0.4, -0.2) is 47.7 Å². The van der Waals surface area contributed by atoms with Crippen molar-refractivity contribution in [3.8, 4) is 0 Å². The Hall–Kier alpha value is -1.88. The van der Waals surface area contributed by atoms with Crippen LogP contribution in [0.1, 0.15) is 42.7 Å². The van der Waals surface area contributed by atoms with Crippen molar-refractivity contribution < 1.29 is 19.4 Å². The van der Waals surface area contributed by atoms with Gasteiger partial charge in [0.15, 0.2) is 0 Å². The molecule has 1 aromatic rings. The molecule has 1 aromatic carbocycles. The predicted molar refractivity (Wildman–Crippen MR) is 89.8 cm³/mol. The first kappa shape index (κ1) is 17.0. The number of carbonyl (C=O) groups is 2. The molecule has 5 heteroatoms. The molecule has 1 aliphatic carbocycles. The van der Waals surface area contributed by atoms with Crippen LogP contribution in [0.15, 0.2) is 24.3 Å². The van der Waals surface area contributed by atoms with E-state index >= 15 is 0 Å². The van der Waals surface area contributed by atoms with Crippen molar-refractivity contribution in [3.05, 3.63) is 35.4 Å². The Morgan fingerprint density at radius 1 is 1.33 bits per heavy atom. The molecule has 24 heavy (non-hydrogen) atoms. The van der Waals surface area contributed by atoms with Crippen LogP contribution in [0.5, 0.6) is 0 Å². The number of carbonyl (C=O) groups excluding carboxylic acids is 1. The Balaban J connectivity index is 1.64. The molecule has 2 fully saturated rings. The monoisotopic (exact) mass is 331 g/mol. The van der Waals surface area contributed by atoms with Gasteiger partial charge < -0.3 is 14.7 Å². The van der Waals surface area contributed by atoms with Gasteiger partial charge in [-0.3, -0.25) is 9.59 Å². The number of aliphatic carboxylic acids is 1. The van der Waals surface area contributed by atoms with Crippen LogP contribution in [0, 0.1) is 12.8 Å². The van der Waals surface area contributed by atoms with Gasteiger partial charge in [-0.2, -0.15) is 0 Å². The average Bonchev–Trinajstić information content (AvgIpc) is 3.18.